The zero-order chi connectivity index (χ0) is 19.0. The van der Waals surface area contributed by atoms with Gasteiger partial charge in [0.1, 0.15) is 0 Å². The number of thiophene rings is 1. The first kappa shape index (κ1) is 18.6. The molecule has 1 aromatic carbocycles. The molecule has 0 saturated carbocycles. The first-order chi connectivity index (χ1) is 13.0. The summed E-state index contributed by atoms with van der Waals surface area (Å²) in [5.41, 5.74) is 3.31. The number of hydrogen-bond donors (Lipinski definition) is 1. The lowest BCUT2D eigenvalue weighted by atomic mass is 9.98. The van der Waals surface area contributed by atoms with Crippen molar-refractivity contribution in [3.05, 3.63) is 56.1 Å². The van der Waals surface area contributed by atoms with E-state index in [1.807, 2.05) is 29.6 Å². The summed E-state index contributed by atoms with van der Waals surface area (Å²) >= 11 is 9.17. The van der Waals surface area contributed by atoms with Gasteiger partial charge in [0.15, 0.2) is 5.13 Å². The van der Waals surface area contributed by atoms with E-state index in [0.717, 1.165) is 35.9 Å². The zero-order valence-corrected chi connectivity index (χ0v) is 17.5. The van der Waals surface area contributed by atoms with E-state index in [1.165, 1.54) is 26.7 Å². The molecule has 140 valence electrons. The fraction of sp³-hybridized carbons (Fsp3) is 0.300. The number of carbonyl (C=O) groups excluding carboxylic acids is 1. The maximum absolute atomic E-state index is 12.5. The van der Waals surface area contributed by atoms with Crippen LogP contribution in [0.2, 0.25) is 5.02 Å². The molecule has 1 aliphatic heterocycles. The molecule has 0 spiro atoms. The number of hydrogen-bond acceptors (Lipinski definition) is 5. The van der Waals surface area contributed by atoms with Gasteiger partial charge in [0.2, 0.25) is 5.91 Å². The van der Waals surface area contributed by atoms with Crippen LogP contribution in [0.1, 0.15) is 15.3 Å². The molecule has 2 aromatic heterocycles. The molecule has 3 aromatic rings. The maximum atomic E-state index is 12.5. The van der Waals surface area contributed by atoms with Crippen LogP contribution in [0.4, 0.5) is 5.13 Å². The first-order valence-corrected chi connectivity index (χ1v) is 10.9. The molecule has 1 N–H and O–H groups in total. The number of anilines is 1. The highest BCUT2D eigenvalue weighted by molar-refractivity contribution is 7.14. The smallest absolute Gasteiger partial charge is 0.231 e. The third-order valence-electron chi connectivity index (χ3n) is 4.70. The Labute approximate surface area is 171 Å². The molecule has 1 saturated heterocycles. The van der Waals surface area contributed by atoms with Gasteiger partial charge in [-0.1, -0.05) is 23.7 Å². The Morgan fingerprint density at radius 1 is 1.30 bits per heavy atom. The van der Waals surface area contributed by atoms with Crippen molar-refractivity contribution in [2.75, 3.05) is 18.4 Å². The molecule has 3 heterocycles. The number of nitrogens with zero attached hydrogens (tertiary/aromatic N) is 2. The predicted molar refractivity (Wildman–Crippen MR) is 114 cm³/mol. The Bertz CT molecular complexity index is 958. The summed E-state index contributed by atoms with van der Waals surface area (Å²) in [6.45, 7) is 6.60. The summed E-state index contributed by atoms with van der Waals surface area (Å²) in [7, 11) is 0. The monoisotopic (exact) mass is 417 g/mol. The van der Waals surface area contributed by atoms with Gasteiger partial charge in [-0.15, -0.1) is 22.7 Å². The van der Waals surface area contributed by atoms with E-state index in [2.05, 4.69) is 35.1 Å². The van der Waals surface area contributed by atoms with Gasteiger partial charge in [0.25, 0.3) is 0 Å². The number of aromatic nitrogens is 1. The lowest BCUT2D eigenvalue weighted by molar-refractivity contribution is -0.125. The van der Waals surface area contributed by atoms with Crippen LogP contribution in [-0.2, 0) is 11.3 Å². The van der Waals surface area contributed by atoms with E-state index < -0.39 is 0 Å². The van der Waals surface area contributed by atoms with E-state index in [-0.39, 0.29) is 11.8 Å². The van der Waals surface area contributed by atoms with E-state index >= 15 is 0 Å². The quantitative estimate of drug-likeness (QED) is 0.619. The highest BCUT2D eigenvalue weighted by Crippen LogP contribution is 2.33. The zero-order valence-electron chi connectivity index (χ0n) is 15.2. The molecule has 27 heavy (non-hydrogen) atoms. The molecular weight excluding hydrogens is 398 g/mol. The highest BCUT2D eigenvalue weighted by Gasteiger charge is 2.32. The van der Waals surface area contributed by atoms with Gasteiger partial charge < -0.3 is 5.32 Å². The van der Waals surface area contributed by atoms with E-state index in [9.17, 15) is 4.79 Å². The standard InChI is InChI=1S/C20H20ClN3OS2/c1-12-7-17(13(2)27-12)18-11-26-20(22-18)23-19(25)15-9-24(10-15)8-14-3-5-16(21)6-4-14/h3-7,11,15H,8-10H2,1-2H3,(H,22,23,25). The number of rotatable bonds is 5. The summed E-state index contributed by atoms with van der Waals surface area (Å²) in [6.07, 6.45) is 0. The van der Waals surface area contributed by atoms with Crippen molar-refractivity contribution in [3.63, 3.8) is 0 Å². The summed E-state index contributed by atoms with van der Waals surface area (Å²) < 4.78 is 0. The van der Waals surface area contributed by atoms with Crippen molar-refractivity contribution in [1.82, 2.24) is 9.88 Å². The summed E-state index contributed by atoms with van der Waals surface area (Å²) in [6, 6.07) is 10.0. The average Bonchev–Trinajstić information content (AvgIpc) is 3.18. The number of thiazole rings is 1. The van der Waals surface area contributed by atoms with Gasteiger partial charge >= 0.3 is 0 Å². The molecule has 0 bridgehead atoms. The number of carbonyl (C=O) groups is 1. The van der Waals surface area contributed by atoms with Crippen LogP contribution in [-0.4, -0.2) is 28.9 Å². The fourth-order valence-corrected chi connectivity index (χ4v) is 5.03. The molecule has 4 nitrogen and oxygen atoms in total. The van der Waals surface area contributed by atoms with Crippen LogP contribution >= 0.6 is 34.3 Å². The number of likely N-dealkylation sites (tertiary alicyclic amines) is 1. The van der Waals surface area contributed by atoms with E-state index in [4.69, 9.17) is 11.6 Å². The number of amides is 1. The van der Waals surface area contributed by atoms with Gasteiger partial charge in [0.05, 0.1) is 11.6 Å². The summed E-state index contributed by atoms with van der Waals surface area (Å²) in [5, 5.41) is 6.41. The average molecular weight is 418 g/mol. The van der Waals surface area contributed by atoms with E-state index in [0.29, 0.717) is 5.13 Å². The second-order valence-electron chi connectivity index (χ2n) is 6.87. The van der Waals surface area contributed by atoms with Crippen molar-refractivity contribution >= 4 is 45.3 Å². The second kappa shape index (κ2) is 7.72. The molecule has 0 aliphatic carbocycles. The molecule has 4 rings (SSSR count). The normalized spacial score (nSPS) is 14.9. The minimum absolute atomic E-state index is 0.0229. The van der Waals surface area contributed by atoms with Gasteiger partial charge in [-0.25, -0.2) is 4.98 Å². The van der Waals surface area contributed by atoms with Crippen LogP contribution in [0.15, 0.2) is 35.7 Å². The Balaban J connectivity index is 1.30. The third-order valence-corrected chi connectivity index (χ3v) is 6.67. The van der Waals surface area contributed by atoms with Crippen molar-refractivity contribution in [2.45, 2.75) is 20.4 Å². The molecule has 0 unspecified atom stereocenters. The number of benzene rings is 1. The van der Waals surface area contributed by atoms with Crippen LogP contribution in [0.3, 0.4) is 0 Å². The second-order valence-corrected chi connectivity index (χ2v) is 9.63. The minimum atomic E-state index is 0.0229. The van der Waals surface area contributed by atoms with Crippen LogP contribution < -0.4 is 5.32 Å². The van der Waals surface area contributed by atoms with Gasteiger partial charge in [-0.2, -0.15) is 0 Å². The van der Waals surface area contributed by atoms with Gasteiger partial charge in [0, 0.05) is 45.4 Å². The third kappa shape index (κ3) is 4.24. The Hall–Kier alpha value is -1.73. The molecular formula is C20H20ClN3OS2. The van der Waals surface area contributed by atoms with Gasteiger partial charge in [-0.3, -0.25) is 9.69 Å². The highest BCUT2D eigenvalue weighted by atomic mass is 35.5. The molecule has 7 heteroatoms. The lowest BCUT2D eigenvalue weighted by Crippen LogP contribution is -2.51. The predicted octanol–water partition coefficient (Wildman–Crippen LogP) is 5.21. The van der Waals surface area contributed by atoms with Gasteiger partial charge in [-0.05, 0) is 37.6 Å². The largest absolute Gasteiger partial charge is 0.302 e. The fourth-order valence-electron chi connectivity index (χ4n) is 3.26. The SMILES string of the molecule is Cc1cc(-c2csc(NC(=O)C3CN(Cc4ccc(Cl)cc4)C3)n2)c(C)s1. The van der Waals surface area contributed by atoms with Crippen molar-refractivity contribution in [1.29, 1.82) is 0 Å². The van der Waals surface area contributed by atoms with Crippen molar-refractivity contribution in [2.24, 2.45) is 5.92 Å². The Kier molecular flexibility index (Phi) is 5.32. The first-order valence-electron chi connectivity index (χ1n) is 8.78. The van der Waals surface area contributed by atoms with Crippen molar-refractivity contribution in [3.8, 4) is 11.3 Å². The van der Waals surface area contributed by atoms with Crippen LogP contribution in [0, 0.1) is 19.8 Å². The maximum Gasteiger partial charge on any atom is 0.231 e. The molecule has 1 amide bonds. The minimum Gasteiger partial charge on any atom is -0.302 e. The topological polar surface area (TPSA) is 45.2 Å². The lowest BCUT2D eigenvalue weighted by Gasteiger charge is -2.38. The van der Waals surface area contributed by atoms with Crippen LogP contribution in [0.25, 0.3) is 11.3 Å². The number of nitrogens with one attached hydrogen (secondary N) is 1. The number of halogens is 1. The van der Waals surface area contributed by atoms with E-state index in [1.54, 1.807) is 11.3 Å². The summed E-state index contributed by atoms with van der Waals surface area (Å²) in [4.78, 5) is 21.9. The molecule has 1 fully saturated rings. The van der Waals surface area contributed by atoms with Crippen molar-refractivity contribution < 1.29 is 4.79 Å². The Morgan fingerprint density at radius 2 is 2.04 bits per heavy atom. The summed E-state index contributed by atoms with van der Waals surface area (Å²) in [5.74, 6) is 0.0799. The molecule has 0 atom stereocenters. The van der Waals surface area contributed by atoms with Crippen LogP contribution in [0.5, 0.6) is 0 Å². The molecule has 1 aliphatic rings. The molecule has 0 radical (unpaired) electrons. The Morgan fingerprint density at radius 3 is 2.70 bits per heavy atom. The number of aryl methyl sites for hydroxylation is 2.